The molecule has 0 radical (unpaired) electrons. The summed E-state index contributed by atoms with van der Waals surface area (Å²) in [7, 11) is 1.41. The fourth-order valence-corrected chi connectivity index (χ4v) is 1.45. The maximum Gasteiger partial charge on any atom is 0.471 e. The zero-order valence-electron chi connectivity index (χ0n) is 10.2. The van der Waals surface area contributed by atoms with Crippen molar-refractivity contribution in [2.45, 2.75) is 12.7 Å². The summed E-state index contributed by atoms with van der Waals surface area (Å²) < 4.78 is 54.8. The standard InChI is InChI=1S/C11H9F4N3O2/c1-19-16-5-6-2-3-7(8(12)4-6)9-17-10(20-18-9)11(13,14)15/h2-4,16H,5H2,1H3. The third kappa shape index (κ3) is 3.11. The van der Waals surface area contributed by atoms with Gasteiger partial charge < -0.3 is 9.36 Å². The van der Waals surface area contributed by atoms with E-state index in [-0.39, 0.29) is 12.1 Å². The Morgan fingerprint density at radius 2 is 2.10 bits per heavy atom. The van der Waals surface area contributed by atoms with Crippen LogP contribution in [0.5, 0.6) is 0 Å². The second kappa shape index (κ2) is 5.55. The lowest BCUT2D eigenvalue weighted by atomic mass is 10.1. The number of nitrogens with one attached hydrogen (secondary N) is 1. The van der Waals surface area contributed by atoms with Crippen LogP contribution in [0, 0.1) is 5.82 Å². The van der Waals surface area contributed by atoms with Crippen molar-refractivity contribution in [2.24, 2.45) is 0 Å². The Morgan fingerprint density at radius 3 is 2.65 bits per heavy atom. The molecule has 0 unspecified atom stereocenters. The van der Waals surface area contributed by atoms with Crippen molar-refractivity contribution in [3.63, 3.8) is 0 Å². The molecular weight excluding hydrogens is 282 g/mol. The lowest BCUT2D eigenvalue weighted by molar-refractivity contribution is -0.159. The first-order valence-electron chi connectivity index (χ1n) is 5.37. The van der Waals surface area contributed by atoms with Gasteiger partial charge in [-0.05, 0) is 17.7 Å². The van der Waals surface area contributed by atoms with Crippen LogP contribution >= 0.6 is 0 Å². The summed E-state index contributed by atoms with van der Waals surface area (Å²) in [6, 6.07) is 3.92. The molecule has 0 aliphatic heterocycles. The summed E-state index contributed by atoms with van der Waals surface area (Å²) in [5.41, 5.74) is 2.88. The van der Waals surface area contributed by atoms with Gasteiger partial charge in [0.1, 0.15) is 5.82 Å². The minimum absolute atomic E-state index is 0.176. The van der Waals surface area contributed by atoms with Gasteiger partial charge in [0.15, 0.2) is 0 Å². The molecule has 1 N–H and O–H groups in total. The average Bonchev–Trinajstić information content (AvgIpc) is 2.85. The van der Waals surface area contributed by atoms with Gasteiger partial charge in [0.2, 0.25) is 5.82 Å². The first kappa shape index (κ1) is 14.4. The SMILES string of the molecule is CONCc1ccc(-c2noc(C(F)(F)F)n2)c(F)c1. The van der Waals surface area contributed by atoms with E-state index >= 15 is 0 Å². The first-order chi connectivity index (χ1) is 9.41. The van der Waals surface area contributed by atoms with Crippen LogP contribution in [0.4, 0.5) is 17.6 Å². The van der Waals surface area contributed by atoms with E-state index in [1.807, 2.05) is 0 Å². The summed E-state index contributed by atoms with van der Waals surface area (Å²) in [5, 5.41) is 3.12. The molecule has 0 bridgehead atoms. The lowest BCUT2D eigenvalue weighted by Crippen LogP contribution is -2.10. The van der Waals surface area contributed by atoms with E-state index in [0.717, 1.165) is 6.07 Å². The molecule has 5 nitrogen and oxygen atoms in total. The highest BCUT2D eigenvalue weighted by atomic mass is 19.4. The molecular formula is C11H9F4N3O2. The molecule has 0 aliphatic rings. The molecule has 108 valence electrons. The Balaban J connectivity index is 2.27. The van der Waals surface area contributed by atoms with Gasteiger partial charge in [-0.1, -0.05) is 11.2 Å². The van der Waals surface area contributed by atoms with Gasteiger partial charge >= 0.3 is 12.1 Å². The molecule has 0 saturated heterocycles. The predicted octanol–water partition coefficient (Wildman–Crippen LogP) is 2.55. The molecule has 1 aromatic heterocycles. The number of nitrogens with zero attached hydrogens (tertiary/aromatic N) is 2. The van der Waals surface area contributed by atoms with Gasteiger partial charge in [-0.15, -0.1) is 0 Å². The minimum Gasteiger partial charge on any atom is -0.329 e. The monoisotopic (exact) mass is 291 g/mol. The largest absolute Gasteiger partial charge is 0.471 e. The number of aromatic nitrogens is 2. The molecule has 0 spiro atoms. The number of hydrogen-bond acceptors (Lipinski definition) is 5. The molecule has 2 rings (SSSR count). The van der Waals surface area contributed by atoms with Crippen molar-refractivity contribution < 1.29 is 26.9 Å². The van der Waals surface area contributed by atoms with Crippen molar-refractivity contribution in [3.8, 4) is 11.4 Å². The summed E-state index contributed by atoms with van der Waals surface area (Å²) >= 11 is 0. The van der Waals surface area contributed by atoms with Gasteiger partial charge in [0.25, 0.3) is 0 Å². The highest BCUT2D eigenvalue weighted by Gasteiger charge is 2.38. The number of alkyl halides is 3. The molecule has 2 aromatic rings. The highest BCUT2D eigenvalue weighted by molar-refractivity contribution is 5.55. The molecule has 0 amide bonds. The maximum atomic E-state index is 13.8. The third-order valence-corrected chi connectivity index (χ3v) is 2.36. The normalized spacial score (nSPS) is 11.8. The molecule has 1 heterocycles. The number of benzene rings is 1. The van der Waals surface area contributed by atoms with Crippen LogP contribution in [-0.2, 0) is 17.6 Å². The Bertz CT molecular complexity index is 598. The van der Waals surface area contributed by atoms with Crippen molar-refractivity contribution in [2.75, 3.05) is 7.11 Å². The molecule has 0 fully saturated rings. The van der Waals surface area contributed by atoms with Crippen molar-refractivity contribution in [3.05, 3.63) is 35.5 Å². The summed E-state index contributed by atoms with van der Waals surface area (Å²) in [4.78, 5) is 7.73. The smallest absolute Gasteiger partial charge is 0.329 e. The number of halogens is 4. The van der Waals surface area contributed by atoms with E-state index in [4.69, 9.17) is 0 Å². The molecule has 0 atom stereocenters. The molecule has 0 aliphatic carbocycles. The second-order valence-corrected chi connectivity index (χ2v) is 3.76. The van der Waals surface area contributed by atoms with Gasteiger partial charge in [-0.3, -0.25) is 0 Å². The van der Waals surface area contributed by atoms with Gasteiger partial charge in [-0.2, -0.15) is 23.6 Å². The number of rotatable bonds is 4. The zero-order valence-corrected chi connectivity index (χ0v) is 10.2. The Morgan fingerprint density at radius 1 is 1.35 bits per heavy atom. The van der Waals surface area contributed by atoms with Gasteiger partial charge in [-0.25, -0.2) is 4.39 Å². The van der Waals surface area contributed by atoms with E-state index in [2.05, 4.69) is 25.0 Å². The average molecular weight is 291 g/mol. The lowest BCUT2D eigenvalue weighted by Gasteiger charge is -2.04. The third-order valence-electron chi connectivity index (χ3n) is 2.36. The molecule has 20 heavy (non-hydrogen) atoms. The summed E-state index contributed by atoms with van der Waals surface area (Å²) in [6.45, 7) is 0.244. The summed E-state index contributed by atoms with van der Waals surface area (Å²) in [6.07, 6.45) is -4.76. The van der Waals surface area contributed by atoms with Crippen LogP contribution in [0.15, 0.2) is 22.7 Å². The fraction of sp³-hybridized carbons (Fsp3) is 0.273. The topological polar surface area (TPSA) is 60.2 Å². The van der Waals surface area contributed by atoms with Crippen LogP contribution in [-0.4, -0.2) is 17.3 Å². The Labute approximate surface area is 110 Å². The predicted molar refractivity (Wildman–Crippen MR) is 58.5 cm³/mol. The zero-order chi connectivity index (χ0) is 14.8. The Kier molecular flexibility index (Phi) is 4.00. The van der Waals surface area contributed by atoms with Gasteiger partial charge in [0.05, 0.1) is 12.7 Å². The van der Waals surface area contributed by atoms with E-state index in [1.54, 1.807) is 0 Å². The van der Waals surface area contributed by atoms with E-state index in [0.29, 0.717) is 5.56 Å². The van der Waals surface area contributed by atoms with Crippen LogP contribution in [0.3, 0.4) is 0 Å². The first-order valence-corrected chi connectivity index (χ1v) is 5.37. The second-order valence-electron chi connectivity index (χ2n) is 3.76. The Hall–Kier alpha value is -2.00. The van der Waals surface area contributed by atoms with Crippen LogP contribution < -0.4 is 5.48 Å². The van der Waals surface area contributed by atoms with Crippen LogP contribution in [0.2, 0.25) is 0 Å². The quantitative estimate of drug-likeness (QED) is 0.693. The molecule has 1 aromatic carbocycles. The van der Waals surface area contributed by atoms with Crippen molar-refractivity contribution in [1.82, 2.24) is 15.6 Å². The molecule has 0 saturated carbocycles. The minimum atomic E-state index is -4.76. The van der Waals surface area contributed by atoms with E-state index < -0.39 is 23.7 Å². The maximum absolute atomic E-state index is 13.8. The van der Waals surface area contributed by atoms with Gasteiger partial charge in [0, 0.05) is 6.54 Å². The van der Waals surface area contributed by atoms with Crippen molar-refractivity contribution >= 4 is 0 Å². The highest BCUT2D eigenvalue weighted by Crippen LogP contribution is 2.30. The molecule has 9 heteroatoms. The van der Waals surface area contributed by atoms with E-state index in [1.165, 1.54) is 19.2 Å². The number of hydrogen-bond donors (Lipinski definition) is 1. The summed E-state index contributed by atoms with van der Waals surface area (Å²) in [5.74, 6) is -2.73. The van der Waals surface area contributed by atoms with Crippen molar-refractivity contribution in [1.29, 1.82) is 0 Å². The van der Waals surface area contributed by atoms with Crippen LogP contribution in [0.1, 0.15) is 11.5 Å². The fourth-order valence-electron chi connectivity index (χ4n) is 1.45. The van der Waals surface area contributed by atoms with E-state index in [9.17, 15) is 17.6 Å². The van der Waals surface area contributed by atoms with Crippen LogP contribution in [0.25, 0.3) is 11.4 Å². The number of hydroxylamine groups is 1.